The summed E-state index contributed by atoms with van der Waals surface area (Å²) in [6.07, 6.45) is 2.53. The SMILES string of the molecule is COCCCNC(=O)c1ccc(N(Cc2ccccc2)c2ccccc2)cn1. The van der Waals surface area contributed by atoms with Crippen LogP contribution in [0.3, 0.4) is 0 Å². The minimum absolute atomic E-state index is 0.169. The van der Waals surface area contributed by atoms with Crippen LogP contribution in [-0.4, -0.2) is 31.2 Å². The Balaban J connectivity index is 1.76. The first-order chi connectivity index (χ1) is 13.8. The second kappa shape index (κ2) is 10.2. The molecule has 0 saturated carbocycles. The molecule has 0 fully saturated rings. The van der Waals surface area contributed by atoms with Gasteiger partial charge < -0.3 is 15.0 Å². The van der Waals surface area contributed by atoms with Crippen LogP contribution in [0.4, 0.5) is 11.4 Å². The van der Waals surface area contributed by atoms with Crippen molar-refractivity contribution in [1.82, 2.24) is 10.3 Å². The standard InChI is InChI=1S/C23H25N3O2/c1-28-16-8-15-24-23(27)22-14-13-21(17-25-22)26(20-11-6-3-7-12-20)18-19-9-4-2-5-10-19/h2-7,9-14,17H,8,15-16,18H2,1H3,(H,24,27). The Hall–Kier alpha value is -3.18. The largest absolute Gasteiger partial charge is 0.385 e. The van der Waals surface area contributed by atoms with Crippen LogP contribution in [0.5, 0.6) is 0 Å². The molecule has 0 aliphatic carbocycles. The predicted octanol–water partition coefficient (Wildman–Crippen LogP) is 4.19. The Bertz CT molecular complexity index is 852. The van der Waals surface area contributed by atoms with Gasteiger partial charge in [-0.1, -0.05) is 48.5 Å². The van der Waals surface area contributed by atoms with E-state index in [0.717, 1.165) is 24.3 Å². The zero-order valence-corrected chi connectivity index (χ0v) is 16.0. The lowest BCUT2D eigenvalue weighted by molar-refractivity contribution is 0.0943. The van der Waals surface area contributed by atoms with Gasteiger partial charge in [0.15, 0.2) is 0 Å². The number of anilines is 2. The Labute approximate surface area is 166 Å². The Morgan fingerprint density at radius 2 is 1.68 bits per heavy atom. The van der Waals surface area contributed by atoms with Gasteiger partial charge in [0.1, 0.15) is 5.69 Å². The third kappa shape index (κ3) is 5.41. The summed E-state index contributed by atoms with van der Waals surface area (Å²) < 4.78 is 4.99. The quantitative estimate of drug-likeness (QED) is 0.570. The number of hydrogen-bond donors (Lipinski definition) is 1. The molecular formula is C23H25N3O2. The van der Waals surface area contributed by atoms with E-state index >= 15 is 0 Å². The lowest BCUT2D eigenvalue weighted by atomic mass is 10.1. The minimum atomic E-state index is -0.169. The summed E-state index contributed by atoms with van der Waals surface area (Å²) in [7, 11) is 1.65. The van der Waals surface area contributed by atoms with Crippen molar-refractivity contribution in [2.24, 2.45) is 0 Å². The van der Waals surface area contributed by atoms with Gasteiger partial charge in [0, 0.05) is 32.5 Å². The number of carbonyl (C=O) groups excluding carboxylic acids is 1. The van der Waals surface area contributed by atoms with E-state index in [9.17, 15) is 4.79 Å². The molecule has 1 heterocycles. The number of rotatable bonds is 9. The molecule has 144 valence electrons. The number of aromatic nitrogens is 1. The predicted molar refractivity (Wildman–Crippen MR) is 112 cm³/mol. The van der Waals surface area contributed by atoms with Crippen LogP contribution in [0.25, 0.3) is 0 Å². The van der Waals surface area contributed by atoms with E-state index in [1.165, 1.54) is 5.56 Å². The van der Waals surface area contributed by atoms with E-state index in [-0.39, 0.29) is 5.91 Å². The van der Waals surface area contributed by atoms with E-state index in [1.54, 1.807) is 19.4 Å². The minimum Gasteiger partial charge on any atom is -0.385 e. The van der Waals surface area contributed by atoms with E-state index < -0.39 is 0 Å². The topological polar surface area (TPSA) is 54.5 Å². The Morgan fingerprint density at radius 1 is 0.964 bits per heavy atom. The van der Waals surface area contributed by atoms with Crippen LogP contribution >= 0.6 is 0 Å². The van der Waals surface area contributed by atoms with Crippen molar-refractivity contribution in [3.63, 3.8) is 0 Å². The number of hydrogen-bond acceptors (Lipinski definition) is 4. The highest BCUT2D eigenvalue weighted by molar-refractivity contribution is 5.92. The van der Waals surface area contributed by atoms with Crippen molar-refractivity contribution in [3.05, 3.63) is 90.3 Å². The molecule has 1 aromatic heterocycles. The van der Waals surface area contributed by atoms with Gasteiger partial charge in [0.05, 0.1) is 11.9 Å². The molecule has 3 aromatic rings. The second-order valence-electron chi connectivity index (χ2n) is 6.41. The number of carbonyl (C=O) groups is 1. The van der Waals surface area contributed by atoms with Gasteiger partial charge >= 0.3 is 0 Å². The number of methoxy groups -OCH3 is 1. The molecule has 0 saturated heterocycles. The molecule has 0 spiro atoms. The number of benzene rings is 2. The molecule has 0 radical (unpaired) electrons. The monoisotopic (exact) mass is 375 g/mol. The maximum absolute atomic E-state index is 12.2. The van der Waals surface area contributed by atoms with Crippen molar-refractivity contribution in [2.75, 3.05) is 25.2 Å². The summed E-state index contributed by atoms with van der Waals surface area (Å²) in [6.45, 7) is 1.91. The van der Waals surface area contributed by atoms with Gasteiger partial charge in [-0.2, -0.15) is 0 Å². The van der Waals surface area contributed by atoms with Crippen molar-refractivity contribution in [2.45, 2.75) is 13.0 Å². The van der Waals surface area contributed by atoms with Gasteiger partial charge in [-0.15, -0.1) is 0 Å². The molecule has 0 unspecified atom stereocenters. The third-order valence-electron chi connectivity index (χ3n) is 4.35. The average Bonchev–Trinajstić information content (AvgIpc) is 2.76. The van der Waals surface area contributed by atoms with Gasteiger partial charge in [-0.25, -0.2) is 4.98 Å². The number of nitrogens with zero attached hydrogens (tertiary/aromatic N) is 2. The maximum atomic E-state index is 12.2. The number of para-hydroxylation sites is 1. The molecule has 2 aromatic carbocycles. The summed E-state index contributed by atoms with van der Waals surface area (Å²) in [5.41, 5.74) is 3.62. The number of ether oxygens (including phenoxy) is 1. The van der Waals surface area contributed by atoms with Crippen molar-refractivity contribution < 1.29 is 9.53 Å². The van der Waals surface area contributed by atoms with Crippen LogP contribution < -0.4 is 10.2 Å². The highest BCUT2D eigenvalue weighted by Crippen LogP contribution is 2.26. The van der Waals surface area contributed by atoms with E-state index in [2.05, 4.69) is 39.5 Å². The van der Waals surface area contributed by atoms with Crippen molar-refractivity contribution in [3.8, 4) is 0 Å². The molecule has 3 rings (SSSR count). The first-order valence-electron chi connectivity index (χ1n) is 9.37. The van der Waals surface area contributed by atoms with Crippen LogP contribution in [0, 0.1) is 0 Å². The molecule has 0 aliphatic rings. The first kappa shape index (κ1) is 19.6. The number of amides is 1. The van der Waals surface area contributed by atoms with Gasteiger partial charge in [-0.05, 0) is 36.2 Å². The van der Waals surface area contributed by atoms with E-state index in [4.69, 9.17) is 4.74 Å². The normalized spacial score (nSPS) is 10.5. The molecule has 1 N–H and O–H groups in total. The molecule has 0 atom stereocenters. The van der Waals surface area contributed by atoms with E-state index in [0.29, 0.717) is 18.8 Å². The van der Waals surface area contributed by atoms with Crippen LogP contribution in [-0.2, 0) is 11.3 Å². The highest BCUT2D eigenvalue weighted by Gasteiger charge is 2.12. The molecule has 5 nitrogen and oxygen atoms in total. The summed E-state index contributed by atoms with van der Waals surface area (Å²) in [6, 6.07) is 24.2. The zero-order valence-electron chi connectivity index (χ0n) is 16.0. The van der Waals surface area contributed by atoms with Gasteiger partial charge in [-0.3, -0.25) is 4.79 Å². The number of nitrogens with one attached hydrogen (secondary N) is 1. The lowest BCUT2D eigenvalue weighted by Gasteiger charge is -2.25. The molecule has 5 heteroatoms. The molecule has 0 bridgehead atoms. The Morgan fingerprint density at radius 3 is 2.32 bits per heavy atom. The molecule has 0 aliphatic heterocycles. The molecule has 1 amide bonds. The fraction of sp³-hybridized carbons (Fsp3) is 0.217. The van der Waals surface area contributed by atoms with Gasteiger partial charge in [0.2, 0.25) is 0 Å². The average molecular weight is 375 g/mol. The summed E-state index contributed by atoms with van der Waals surface area (Å²) >= 11 is 0. The first-order valence-corrected chi connectivity index (χ1v) is 9.37. The van der Waals surface area contributed by atoms with Crippen LogP contribution in [0.1, 0.15) is 22.5 Å². The second-order valence-corrected chi connectivity index (χ2v) is 6.41. The van der Waals surface area contributed by atoms with Crippen molar-refractivity contribution >= 4 is 17.3 Å². The summed E-state index contributed by atoms with van der Waals surface area (Å²) in [4.78, 5) is 18.8. The lowest BCUT2D eigenvalue weighted by Crippen LogP contribution is -2.26. The smallest absolute Gasteiger partial charge is 0.269 e. The highest BCUT2D eigenvalue weighted by atomic mass is 16.5. The number of pyridine rings is 1. The summed E-state index contributed by atoms with van der Waals surface area (Å²) in [5.74, 6) is -0.169. The molecule has 28 heavy (non-hydrogen) atoms. The molecular weight excluding hydrogens is 350 g/mol. The Kier molecular flexibility index (Phi) is 7.15. The third-order valence-corrected chi connectivity index (χ3v) is 4.35. The van der Waals surface area contributed by atoms with E-state index in [1.807, 2.05) is 42.5 Å². The fourth-order valence-electron chi connectivity index (χ4n) is 2.89. The van der Waals surface area contributed by atoms with Crippen molar-refractivity contribution in [1.29, 1.82) is 0 Å². The maximum Gasteiger partial charge on any atom is 0.269 e. The van der Waals surface area contributed by atoms with Crippen LogP contribution in [0.15, 0.2) is 79.0 Å². The summed E-state index contributed by atoms with van der Waals surface area (Å²) in [5, 5.41) is 2.86. The zero-order chi connectivity index (χ0) is 19.6. The fourth-order valence-corrected chi connectivity index (χ4v) is 2.89. The van der Waals surface area contributed by atoms with Crippen LogP contribution in [0.2, 0.25) is 0 Å². The van der Waals surface area contributed by atoms with Gasteiger partial charge in [0.25, 0.3) is 5.91 Å².